The lowest BCUT2D eigenvalue weighted by Gasteiger charge is -2.19. The van der Waals surface area contributed by atoms with Crippen molar-refractivity contribution in [1.82, 2.24) is 10.3 Å². The van der Waals surface area contributed by atoms with Crippen molar-refractivity contribution in [3.8, 4) is 5.75 Å². The van der Waals surface area contributed by atoms with Crippen molar-refractivity contribution in [3.05, 3.63) is 59.2 Å². The van der Waals surface area contributed by atoms with Gasteiger partial charge in [-0.25, -0.2) is 4.39 Å². The molecule has 4 heteroatoms. The number of methoxy groups -OCH3 is 1. The molecule has 0 saturated heterocycles. The normalized spacial score (nSPS) is 12.2. The second kappa shape index (κ2) is 5.80. The van der Waals surface area contributed by atoms with Crippen LogP contribution in [0.25, 0.3) is 0 Å². The van der Waals surface area contributed by atoms with Gasteiger partial charge in [0.2, 0.25) is 0 Å². The number of aromatic nitrogens is 1. The third-order valence-electron chi connectivity index (χ3n) is 3.13. The number of benzene rings is 1. The maximum Gasteiger partial charge on any atom is 0.137 e. The van der Waals surface area contributed by atoms with Crippen LogP contribution in [0.2, 0.25) is 0 Å². The monoisotopic (exact) mass is 260 g/mol. The fraction of sp³-hybridized carbons (Fsp3) is 0.267. The summed E-state index contributed by atoms with van der Waals surface area (Å²) in [6, 6.07) is 6.69. The smallest absolute Gasteiger partial charge is 0.137 e. The van der Waals surface area contributed by atoms with E-state index in [2.05, 4.69) is 10.3 Å². The van der Waals surface area contributed by atoms with Gasteiger partial charge in [-0.05, 0) is 48.9 Å². The molecule has 2 rings (SSSR count). The van der Waals surface area contributed by atoms with E-state index in [9.17, 15) is 4.39 Å². The molecule has 1 aromatic heterocycles. The molecule has 0 aliphatic rings. The first kappa shape index (κ1) is 13.5. The second-order valence-electron chi connectivity index (χ2n) is 4.38. The van der Waals surface area contributed by atoms with Crippen molar-refractivity contribution in [1.29, 1.82) is 0 Å². The summed E-state index contributed by atoms with van der Waals surface area (Å²) in [5, 5.41) is 3.23. The Kier molecular flexibility index (Phi) is 4.12. The fourth-order valence-electron chi connectivity index (χ4n) is 2.17. The predicted molar refractivity (Wildman–Crippen MR) is 72.8 cm³/mol. The van der Waals surface area contributed by atoms with Crippen LogP contribution >= 0.6 is 0 Å². The second-order valence-corrected chi connectivity index (χ2v) is 4.38. The van der Waals surface area contributed by atoms with E-state index in [1.807, 2.05) is 20.0 Å². The Hall–Kier alpha value is -1.94. The lowest BCUT2D eigenvalue weighted by molar-refractivity contribution is 0.411. The van der Waals surface area contributed by atoms with E-state index in [0.29, 0.717) is 5.75 Å². The van der Waals surface area contributed by atoms with Gasteiger partial charge in [0, 0.05) is 6.20 Å². The van der Waals surface area contributed by atoms with Gasteiger partial charge in [-0.3, -0.25) is 4.98 Å². The van der Waals surface area contributed by atoms with Crippen molar-refractivity contribution < 1.29 is 9.13 Å². The first-order chi connectivity index (χ1) is 9.15. The van der Waals surface area contributed by atoms with Crippen molar-refractivity contribution in [3.63, 3.8) is 0 Å². The van der Waals surface area contributed by atoms with Crippen molar-refractivity contribution >= 4 is 0 Å². The number of ether oxygens (including phenoxy) is 1. The van der Waals surface area contributed by atoms with E-state index in [0.717, 1.165) is 16.7 Å². The van der Waals surface area contributed by atoms with Gasteiger partial charge in [0.15, 0.2) is 0 Å². The number of nitrogens with one attached hydrogen (secondary N) is 1. The highest BCUT2D eigenvalue weighted by molar-refractivity contribution is 5.38. The molecule has 2 aromatic rings. The summed E-state index contributed by atoms with van der Waals surface area (Å²) >= 11 is 0. The van der Waals surface area contributed by atoms with Crippen molar-refractivity contribution in [2.24, 2.45) is 0 Å². The maximum absolute atomic E-state index is 13.2. The van der Waals surface area contributed by atoms with Crippen LogP contribution in [0.5, 0.6) is 5.75 Å². The van der Waals surface area contributed by atoms with Crippen LogP contribution in [0, 0.1) is 12.7 Å². The highest BCUT2D eigenvalue weighted by atomic mass is 19.1. The average Bonchev–Trinajstić information content (AvgIpc) is 2.42. The van der Waals surface area contributed by atoms with Gasteiger partial charge in [-0.2, -0.15) is 0 Å². The quantitative estimate of drug-likeness (QED) is 0.918. The molecule has 0 bridgehead atoms. The molecule has 0 fully saturated rings. The zero-order chi connectivity index (χ0) is 13.8. The number of nitrogens with zero attached hydrogens (tertiary/aromatic N) is 1. The summed E-state index contributed by atoms with van der Waals surface area (Å²) in [5.41, 5.74) is 2.91. The first-order valence-corrected chi connectivity index (χ1v) is 6.08. The van der Waals surface area contributed by atoms with E-state index in [1.54, 1.807) is 25.6 Å². The molecule has 1 atom stereocenters. The molecule has 1 N–H and O–H groups in total. The van der Waals surface area contributed by atoms with E-state index in [-0.39, 0.29) is 11.9 Å². The molecule has 3 nitrogen and oxygen atoms in total. The fourth-order valence-corrected chi connectivity index (χ4v) is 2.17. The Balaban J connectivity index is 2.43. The van der Waals surface area contributed by atoms with E-state index in [4.69, 9.17) is 4.74 Å². The third-order valence-corrected chi connectivity index (χ3v) is 3.13. The number of halogens is 1. The molecule has 0 aliphatic heterocycles. The van der Waals surface area contributed by atoms with Gasteiger partial charge in [-0.1, -0.05) is 6.07 Å². The lowest BCUT2D eigenvalue weighted by Crippen LogP contribution is -2.19. The largest absolute Gasteiger partial charge is 0.495 e. The minimum Gasteiger partial charge on any atom is -0.495 e. The topological polar surface area (TPSA) is 34.2 Å². The Morgan fingerprint density at radius 2 is 2.05 bits per heavy atom. The zero-order valence-corrected chi connectivity index (χ0v) is 11.3. The van der Waals surface area contributed by atoms with Gasteiger partial charge in [0.1, 0.15) is 11.6 Å². The van der Waals surface area contributed by atoms with Crippen LogP contribution in [0.3, 0.4) is 0 Å². The summed E-state index contributed by atoms with van der Waals surface area (Å²) in [7, 11) is 3.48. The third kappa shape index (κ3) is 2.90. The van der Waals surface area contributed by atoms with Crippen LogP contribution in [-0.2, 0) is 0 Å². The zero-order valence-electron chi connectivity index (χ0n) is 11.3. The molecular formula is C15H17FN2O. The summed E-state index contributed by atoms with van der Waals surface area (Å²) < 4.78 is 18.4. The minimum absolute atomic E-state index is 0.0387. The predicted octanol–water partition coefficient (Wildman–Crippen LogP) is 2.85. The molecule has 1 unspecified atom stereocenters. The van der Waals surface area contributed by atoms with Gasteiger partial charge >= 0.3 is 0 Å². The Morgan fingerprint density at radius 1 is 1.26 bits per heavy atom. The van der Waals surface area contributed by atoms with E-state index in [1.165, 1.54) is 12.1 Å². The number of rotatable bonds is 4. The highest BCUT2D eigenvalue weighted by Gasteiger charge is 2.15. The minimum atomic E-state index is -0.222. The molecule has 0 spiro atoms. The van der Waals surface area contributed by atoms with E-state index < -0.39 is 0 Å². The van der Waals surface area contributed by atoms with Crippen LogP contribution in [0.15, 0.2) is 36.7 Å². The van der Waals surface area contributed by atoms with Crippen LogP contribution in [-0.4, -0.2) is 19.1 Å². The molecule has 0 radical (unpaired) electrons. The summed E-state index contributed by atoms with van der Waals surface area (Å²) in [6.07, 6.45) is 3.44. The summed E-state index contributed by atoms with van der Waals surface area (Å²) in [5.74, 6) is 0.484. The molecular weight excluding hydrogens is 243 g/mol. The van der Waals surface area contributed by atoms with E-state index >= 15 is 0 Å². The Bertz CT molecular complexity index is 572. The number of aryl methyl sites for hydroxylation is 1. The molecule has 100 valence electrons. The highest BCUT2D eigenvalue weighted by Crippen LogP contribution is 2.26. The van der Waals surface area contributed by atoms with Gasteiger partial charge in [-0.15, -0.1) is 0 Å². The summed E-state index contributed by atoms with van der Waals surface area (Å²) in [4.78, 5) is 4.16. The molecule has 0 amide bonds. The standard InChI is InChI=1S/C15H17FN2O/c1-10-6-12(16)4-5-14(10)15(17-2)11-7-13(19-3)9-18-8-11/h4-9,15,17H,1-3H3. The number of hydrogen-bond donors (Lipinski definition) is 1. The Morgan fingerprint density at radius 3 is 2.68 bits per heavy atom. The maximum atomic E-state index is 13.2. The van der Waals surface area contributed by atoms with Gasteiger partial charge < -0.3 is 10.1 Å². The van der Waals surface area contributed by atoms with Crippen molar-refractivity contribution in [2.75, 3.05) is 14.2 Å². The number of hydrogen-bond acceptors (Lipinski definition) is 3. The SMILES string of the molecule is CNC(c1cncc(OC)c1)c1ccc(F)cc1C. The van der Waals surface area contributed by atoms with Crippen LogP contribution < -0.4 is 10.1 Å². The molecule has 1 aromatic carbocycles. The van der Waals surface area contributed by atoms with Gasteiger partial charge in [0.05, 0.1) is 19.3 Å². The van der Waals surface area contributed by atoms with Crippen molar-refractivity contribution in [2.45, 2.75) is 13.0 Å². The molecule has 0 saturated carbocycles. The number of pyridine rings is 1. The van der Waals surface area contributed by atoms with Gasteiger partial charge in [0.25, 0.3) is 0 Å². The average molecular weight is 260 g/mol. The first-order valence-electron chi connectivity index (χ1n) is 6.08. The molecule has 1 heterocycles. The lowest BCUT2D eigenvalue weighted by atomic mass is 9.96. The molecule has 19 heavy (non-hydrogen) atoms. The Labute approximate surface area is 112 Å². The molecule has 0 aliphatic carbocycles. The summed E-state index contributed by atoms with van der Waals surface area (Å²) in [6.45, 7) is 1.90. The van der Waals surface area contributed by atoms with Crippen LogP contribution in [0.1, 0.15) is 22.7 Å². The van der Waals surface area contributed by atoms with Crippen LogP contribution in [0.4, 0.5) is 4.39 Å².